The number of carbonyl (C=O) groups excluding carboxylic acids is 1. The lowest BCUT2D eigenvalue weighted by molar-refractivity contribution is -0.127. The van der Waals surface area contributed by atoms with Crippen molar-refractivity contribution in [3.05, 3.63) is 29.3 Å². The van der Waals surface area contributed by atoms with E-state index in [0.29, 0.717) is 13.1 Å². The molecule has 1 fully saturated rings. The number of rotatable bonds is 9. The second-order valence-electron chi connectivity index (χ2n) is 6.71. The first-order valence-corrected chi connectivity index (χ1v) is 9.57. The second-order valence-corrected chi connectivity index (χ2v) is 6.71. The van der Waals surface area contributed by atoms with Crippen LogP contribution in [-0.2, 0) is 11.3 Å². The van der Waals surface area contributed by atoms with Gasteiger partial charge in [-0.2, -0.15) is 0 Å². The van der Waals surface area contributed by atoms with Gasteiger partial charge in [0.25, 0.3) is 0 Å². The largest absolute Gasteiger partial charge is 0.496 e. The zero-order valence-electron chi connectivity index (χ0n) is 16.6. The van der Waals surface area contributed by atoms with Crippen LogP contribution < -0.4 is 20.7 Å². The molecule has 0 spiro atoms. The molecule has 0 unspecified atom stereocenters. The highest BCUT2D eigenvalue weighted by atomic mass is 127. The predicted molar refractivity (Wildman–Crippen MR) is 121 cm³/mol. The summed E-state index contributed by atoms with van der Waals surface area (Å²) in [5.41, 5.74) is 2.23. The maximum absolute atomic E-state index is 11.8. The highest BCUT2D eigenvalue weighted by Crippen LogP contribution is 2.26. The molecule has 152 valence electrons. The van der Waals surface area contributed by atoms with Crippen LogP contribution in [0.1, 0.15) is 43.7 Å². The summed E-state index contributed by atoms with van der Waals surface area (Å²) < 4.78 is 5.44. The molecule has 2 rings (SSSR count). The molecule has 1 aliphatic rings. The van der Waals surface area contributed by atoms with Crippen molar-refractivity contribution >= 4 is 35.8 Å². The van der Waals surface area contributed by atoms with E-state index >= 15 is 0 Å². The van der Waals surface area contributed by atoms with E-state index in [1.54, 1.807) is 7.11 Å². The number of halogens is 1. The molecule has 0 atom stereocenters. The summed E-state index contributed by atoms with van der Waals surface area (Å²) in [6.07, 6.45) is 4.15. The van der Waals surface area contributed by atoms with Gasteiger partial charge in [0.2, 0.25) is 5.91 Å². The molecule has 0 bridgehead atoms. The summed E-state index contributed by atoms with van der Waals surface area (Å²) in [5.74, 6) is 2.11. The summed E-state index contributed by atoms with van der Waals surface area (Å²) >= 11 is 0. The number of guanidine groups is 1. The molecule has 0 aromatic heterocycles. The molecule has 0 aliphatic heterocycles. The molecule has 27 heavy (non-hydrogen) atoms. The van der Waals surface area contributed by atoms with Gasteiger partial charge in [0.15, 0.2) is 5.96 Å². The van der Waals surface area contributed by atoms with Crippen molar-refractivity contribution in [2.45, 2.75) is 46.1 Å². The Morgan fingerprint density at radius 3 is 2.59 bits per heavy atom. The van der Waals surface area contributed by atoms with Gasteiger partial charge in [-0.3, -0.25) is 4.79 Å². The van der Waals surface area contributed by atoms with Gasteiger partial charge in [0.1, 0.15) is 5.75 Å². The summed E-state index contributed by atoms with van der Waals surface area (Å²) in [4.78, 5) is 16.4. The van der Waals surface area contributed by atoms with Crippen LogP contribution in [0.2, 0.25) is 0 Å². The number of aryl methyl sites for hydroxylation is 1. The third-order valence-electron chi connectivity index (χ3n) is 4.62. The number of nitrogens with zero attached hydrogens (tertiary/aromatic N) is 1. The average Bonchev–Trinajstić information content (AvgIpc) is 2.58. The number of hydrogen-bond donors (Lipinski definition) is 3. The van der Waals surface area contributed by atoms with E-state index in [2.05, 4.69) is 33.1 Å². The molecule has 1 aromatic carbocycles. The first kappa shape index (κ1) is 23.5. The lowest BCUT2D eigenvalue weighted by atomic mass is 9.85. The van der Waals surface area contributed by atoms with Crippen molar-refractivity contribution in [2.24, 2.45) is 10.9 Å². The minimum absolute atomic E-state index is 0. The van der Waals surface area contributed by atoms with E-state index in [9.17, 15) is 4.79 Å². The van der Waals surface area contributed by atoms with Crippen LogP contribution in [0.5, 0.6) is 5.75 Å². The summed E-state index contributed by atoms with van der Waals surface area (Å²) in [6.45, 7) is 6.91. The molecular formula is C20H33IN4O2. The van der Waals surface area contributed by atoms with Gasteiger partial charge in [0, 0.05) is 31.1 Å². The van der Waals surface area contributed by atoms with Gasteiger partial charge >= 0.3 is 0 Å². The third kappa shape index (κ3) is 7.94. The van der Waals surface area contributed by atoms with E-state index in [4.69, 9.17) is 4.74 Å². The molecule has 0 saturated heterocycles. The van der Waals surface area contributed by atoms with Crippen molar-refractivity contribution in [3.63, 3.8) is 0 Å². The maximum Gasteiger partial charge on any atom is 0.223 e. The van der Waals surface area contributed by atoms with Crippen LogP contribution in [-0.4, -0.2) is 38.6 Å². The third-order valence-corrected chi connectivity index (χ3v) is 4.62. The second kappa shape index (κ2) is 12.8. The molecule has 1 aromatic rings. The van der Waals surface area contributed by atoms with Crippen LogP contribution in [0.15, 0.2) is 23.2 Å². The minimum Gasteiger partial charge on any atom is -0.496 e. The molecule has 0 heterocycles. The number of methoxy groups -OCH3 is 1. The Kier molecular flexibility index (Phi) is 11.2. The molecule has 0 radical (unpaired) electrons. The zero-order chi connectivity index (χ0) is 18.8. The van der Waals surface area contributed by atoms with Crippen molar-refractivity contribution in [1.29, 1.82) is 0 Å². The van der Waals surface area contributed by atoms with Gasteiger partial charge in [-0.1, -0.05) is 18.6 Å². The monoisotopic (exact) mass is 488 g/mol. The van der Waals surface area contributed by atoms with E-state index in [1.165, 1.54) is 12.0 Å². The van der Waals surface area contributed by atoms with E-state index in [1.807, 2.05) is 19.9 Å². The number of ether oxygens (including phenoxy) is 1. The van der Waals surface area contributed by atoms with E-state index in [-0.39, 0.29) is 35.8 Å². The van der Waals surface area contributed by atoms with Crippen LogP contribution in [0.25, 0.3) is 0 Å². The predicted octanol–water partition coefficient (Wildman–Crippen LogP) is 2.98. The molecule has 3 N–H and O–H groups in total. The minimum atomic E-state index is 0. The maximum atomic E-state index is 11.8. The molecule has 6 nitrogen and oxygen atoms in total. The summed E-state index contributed by atoms with van der Waals surface area (Å²) in [5, 5.41) is 9.58. The molecular weight excluding hydrogens is 455 g/mol. The smallest absolute Gasteiger partial charge is 0.223 e. The van der Waals surface area contributed by atoms with Gasteiger partial charge in [-0.25, -0.2) is 4.99 Å². The molecule has 1 amide bonds. The van der Waals surface area contributed by atoms with Gasteiger partial charge in [-0.05, 0) is 44.7 Å². The highest BCUT2D eigenvalue weighted by molar-refractivity contribution is 14.0. The quantitative estimate of drug-likeness (QED) is 0.216. The van der Waals surface area contributed by atoms with Crippen molar-refractivity contribution in [2.75, 3.05) is 26.7 Å². The molecule has 7 heteroatoms. The van der Waals surface area contributed by atoms with E-state index in [0.717, 1.165) is 49.6 Å². The number of benzene rings is 1. The standard InChI is InChI=1S/C20H32N4O2.HI/c1-4-21-20(23-12-6-11-22-19(25)16-7-5-8-16)24-14-17-10-9-15(2)13-18(17)26-3;/h9-10,13,16H,4-8,11-12,14H2,1-3H3,(H,22,25)(H2,21,23,24);1H. The number of hydrogen-bond acceptors (Lipinski definition) is 3. The zero-order valence-corrected chi connectivity index (χ0v) is 19.0. The Labute approximate surface area is 179 Å². The Hall–Kier alpha value is -1.51. The van der Waals surface area contributed by atoms with Crippen LogP contribution in [0.4, 0.5) is 0 Å². The van der Waals surface area contributed by atoms with Crippen molar-refractivity contribution < 1.29 is 9.53 Å². The van der Waals surface area contributed by atoms with Gasteiger partial charge in [0.05, 0.1) is 13.7 Å². The summed E-state index contributed by atoms with van der Waals surface area (Å²) in [6, 6.07) is 6.14. The number of aliphatic imine (C=N–C) groups is 1. The topological polar surface area (TPSA) is 74.8 Å². The van der Waals surface area contributed by atoms with Crippen molar-refractivity contribution in [1.82, 2.24) is 16.0 Å². The van der Waals surface area contributed by atoms with Crippen molar-refractivity contribution in [3.8, 4) is 5.75 Å². The number of amides is 1. The Morgan fingerprint density at radius 1 is 1.22 bits per heavy atom. The Balaban J connectivity index is 0.00000364. The van der Waals surface area contributed by atoms with E-state index < -0.39 is 0 Å². The normalized spacial score (nSPS) is 14.0. The fourth-order valence-electron chi connectivity index (χ4n) is 2.81. The van der Waals surface area contributed by atoms with Crippen LogP contribution >= 0.6 is 24.0 Å². The van der Waals surface area contributed by atoms with Gasteiger partial charge < -0.3 is 20.7 Å². The fourth-order valence-corrected chi connectivity index (χ4v) is 2.81. The first-order chi connectivity index (χ1) is 12.6. The van der Waals surface area contributed by atoms with Crippen LogP contribution in [0, 0.1) is 12.8 Å². The van der Waals surface area contributed by atoms with Crippen LogP contribution in [0.3, 0.4) is 0 Å². The average molecular weight is 488 g/mol. The number of carbonyl (C=O) groups is 1. The molecule has 1 saturated carbocycles. The lowest BCUT2D eigenvalue weighted by Gasteiger charge is -2.24. The molecule has 1 aliphatic carbocycles. The SMILES string of the molecule is CCNC(=NCc1ccc(C)cc1OC)NCCCNC(=O)C1CCC1.I. The Bertz CT molecular complexity index is 618. The number of nitrogens with one attached hydrogen (secondary N) is 3. The highest BCUT2D eigenvalue weighted by Gasteiger charge is 2.24. The first-order valence-electron chi connectivity index (χ1n) is 9.57. The Morgan fingerprint density at radius 2 is 1.96 bits per heavy atom. The van der Waals surface area contributed by atoms with Gasteiger partial charge in [-0.15, -0.1) is 24.0 Å². The lowest BCUT2D eigenvalue weighted by Crippen LogP contribution is -2.39. The fraction of sp³-hybridized carbons (Fsp3) is 0.600. The summed E-state index contributed by atoms with van der Waals surface area (Å²) in [7, 11) is 1.68.